The minimum atomic E-state index is 0.427. The van der Waals surface area contributed by atoms with Gasteiger partial charge in [0.2, 0.25) is 10.6 Å². The summed E-state index contributed by atoms with van der Waals surface area (Å²) in [5, 5.41) is 11.5. The largest absolute Gasteiger partial charge is 0.372 e. The smallest absolute Gasteiger partial charge is 0.216 e. The Morgan fingerprint density at radius 1 is 1.16 bits per heavy atom. The van der Waals surface area contributed by atoms with E-state index in [1.54, 1.807) is 17.1 Å². The first kappa shape index (κ1) is 17.0. The molecular weight excluding hydrogens is 332 g/mol. The van der Waals surface area contributed by atoms with Gasteiger partial charge in [-0.25, -0.2) is 5.10 Å². The molecule has 1 aromatic carbocycles. The fraction of sp³-hybridized carbons (Fsp3) is 0.222. The van der Waals surface area contributed by atoms with Crippen molar-refractivity contribution in [3.63, 3.8) is 0 Å². The number of nitrogens with zero attached hydrogens (tertiary/aromatic N) is 5. The summed E-state index contributed by atoms with van der Waals surface area (Å²) >= 11 is 5.27. The molecule has 3 aromatic rings. The van der Waals surface area contributed by atoms with Gasteiger partial charge in [0.15, 0.2) is 0 Å². The molecule has 2 aromatic heterocycles. The molecule has 0 bridgehead atoms. The second-order valence-electron chi connectivity index (χ2n) is 5.39. The summed E-state index contributed by atoms with van der Waals surface area (Å²) < 4.78 is 2.01. The number of aromatic nitrogens is 4. The summed E-state index contributed by atoms with van der Waals surface area (Å²) in [6.45, 7) is 6.28. The van der Waals surface area contributed by atoms with Crippen LogP contribution in [-0.2, 0) is 0 Å². The molecule has 1 N–H and O–H groups in total. The molecule has 0 fully saturated rings. The molecule has 25 heavy (non-hydrogen) atoms. The molecule has 7 heteroatoms. The summed E-state index contributed by atoms with van der Waals surface area (Å²) in [6, 6.07) is 13.9. The van der Waals surface area contributed by atoms with Crippen LogP contribution in [0.3, 0.4) is 0 Å². The number of rotatable bonds is 6. The lowest BCUT2D eigenvalue weighted by molar-refractivity contribution is 0.865. The summed E-state index contributed by atoms with van der Waals surface area (Å²) in [5.74, 6) is 0.585. The third kappa shape index (κ3) is 3.83. The second-order valence-corrected chi connectivity index (χ2v) is 5.77. The quantitative estimate of drug-likeness (QED) is 0.542. The molecule has 0 saturated heterocycles. The molecule has 0 aliphatic heterocycles. The van der Waals surface area contributed by atoms with Gasteiger partial charge in [0, 0.05) is 25.0 Å². The molecule has 0 aliphatic rings. The Balaban J connectivity index is 1.86. The predicted molar refractivity (Wildman–Crippen MR) is 104 cm³/mol. The Morgan fingerprint density at radius 3 is 2.56 bits per heavy atom. The average Bonchev–Trinajstić information content (AvgIpc) is 3.03. The van der Waals surface area contributed by atoms with Crippen molar-refractivity contribution in [1.29, 1.82) is 0 Å². The van der Waals surface area contributed by atoms with Crippen LogP contribution in [0.2, 0.25) is 0 Å². The van der Waals surface area contributed by atoms with Gasteiger partial charge in [-0.3, -0.25) is 4.98 Å². The van der Waals surface area contributed by atoms with E-state index in [1.165, 1.54) is 5.69 Å². The van der Waals surface area contributed by atoms with Crippen LogP contribution in [0.4, 0.5) is 5.69 Å². The zero-order valence-electron chi connectivity index (χ0n) is 14.3. The van der Waals surface area contributed by atoms with E-state index in [0.29, 0.717) is 16.3 Å². The van der Waals surface area contributed by atoms with Crippen molar-refractivity contribution < 1.29 is 0 Å². The highest BCUT2D eigenvalue weighted by Crippen LogP contribution is 2.15. The molecule has 3 rings (SSSR count). The van der Waals surface area contributed by atoms with Gasteiger partial charge in [-0.05, 0) is 55.9 Å². The third-order valence-corrected chi connectivity index (χ3v) is 4.15. The number of benzene rings is 1. The standard InChI is InChI=1S/C18H20N6S/c1-3-23(4-2)15-10-8-14(9-11-15)13-20-24-17(21-22-18(24)25)16-7-5-6-12-19-16/h5-13H,3-4H2,1-2H3,(H,22,25)/b20-13+. The zero-order valence-corrected chi connectivity index (χ0v) is 15.1. The number of hydrogen-bond acceptors (Lipinski definition) is 5. The number of anilines is 1. The maximum atomic E-state index is 5.27. The normalized spacial score (nSPS) is 11.1. The van der Waals surface area contributed by atoms with E-state index in [-0.39, 0.29) is 0 Å². The summed E-state index contributed by atoms with van der Waals surface area (Å²) in [5.41, 5.74) is 2.91. The van der Waals surface area contributed by atoms with E-state index >= 15 is 0 Å². The van der Waals surface area contributed by atoms with E-state index in [1.807, 2.05) is 30.3 Å². The summed E-state index contributed by atoms with van der Waals surface area (Å²) in [7, 11) is 0. The molecule has 0 unspecified atom stereocenters. The van der Waals surface area contributed by atoms with Crippen LogP contribution >= 0.6 is 12.2 Å². The molecule has 0 atom stereocenters. The van der Waals surface area contributed by atoms with E-state index in [4.69, 9.17) is 12.2 Å². The predicted octanol–water partition coefficient (Wildman–Crippen LogP) is 3.73. The number of pyridine rings is 1. The lowest BCUT2D eigenvalue weighted by Gasteiger charge is -2.20. The number of H-pyrrole nitrogens is 1. The monoisotopic (exact) mass is 352 g/mol. The van der Waals surface area contributed by atoms with Gasteiger partial charge in [-0.15, -0.1) is 0 Å². The lowest BCUT2D eigenvalue weighted by atomic mass is 10.2. The SMILES string of the molecule is CCN(CC)c1ccc(/C=N/n2c(-c3ccccn3)n[nH]c2=S)cc1. The molecule has 0 aliphatic carbocycles. The molecule has 0 radical (unpaired) electrons. The highest BCUT2D eigenvalue weighted by Gasteiger charge is 2.08. The van der Waals surface area contributed by atoms with Gasteiger partial charge < -0.3 is 4.90 Å². The molecule has 0 amide bonds. The summed E-state index contributed by atoms with van der Waals surface area (Å²) in [6.07, 6.45) is 3.48. The van der Waals surface area contributed by atoms with Crippen LogP contribution < -0.4 is 4.90 Å². The van der Waals surface area contributed by atoms with Gasteiger partial charge in [-0.1, -0.05) is 18.2 Å². The average molecular weight is 352 g/mol. The molecular formula is C18H20N6S. The molecule has 0 saturated carbocycles. The van der Waals surface area contributed by atoms with Crippen molar-refractivity contribution >= 4 is 24.1 Å². The second kappa shape index (κ2) is 7.85. The fourth-order valence-electron chi connectivity index (χ4n) is 2.54. The van der Waals surface area contributed by atoms with Crippen molar-refractivity contribution in [2.45, 2.75) is 13.8 Å². The Kier molecular flexibility index (Phi) is 5.35. The topological polar surface area (TPSA) is 62.1 Å². The minimum Gasteiger partial charge on any atom is -0.372 e. The fourth-order valence-corrected chi connectivity index (χ4v) is 2.72. The van der Waals surface area contributed by atoms with Gasteiger partial charge in [0.1, 0.15) is 5.69 Å². The van der Waals surface area contributed by atoms with Crippen LogP contribution in [0.15, 0.2) is 53.8 Å². The molecule has 6 nitrogen and oxygen atoms in total. The van der Waals surface area contributed by atoms with E-state index in [2.05, 4.69) is 51.2 Å². The first-order valence-corrected chi connectivity index (χ1v) is 8.62. The van der Waals surface area contributed by atoms with Gasteiger partial charge in [-0.2, -0.15) is 14.9 Å². The van der Waals surface area contributed by atoms with Crippen LogP contribution in [0.25, 0.3) is 11.5 Å². The van der Waals surface area contributed by atoms with Crippen molar-refractivity contribution in [2.75, 3.05) is 18.0 Å². The Hall–Kier alpha value is -2.80. The number of aromatic amines is 1. The van der Waals surface area contributed by atoms with E-state index < -0.39 is 0 Å². The van der Waals surface area contributed by atoms with Gasteiger partial charge in [0.25, 0.3) is 0 Å². The minimum absolute atomic E-state index is 0.427. The Bertz CT molecular complexity index is 891. The first-order chi connectivity index (χ1) is 12.2. The van der Waals surface area contributed by atoms with Crippen molar-refractivity contribution in [1.82, 2.24) is 19.9 Å². The number of hydrogen-bond donors (Lipinski definition) is 1. The third-order valence-electron chi connectivity index (χ3n) is 3.89. The molecule has 2 heterocycles. The highest BCUT2D eigenvalue weighted by atomic mass is 32.1. The molecule has 0 spiro atoms. The maximum absolute atomic E-state index is 5.27. The number of nitrogens with one attached hydrogen (secondary N) is 1. The van der Waals surface area contributed by atoms with Crippen molar-refractivity contribution in [3.8, 4) is 11.5 Å². The lowest BCUT2D eigenvalue weighted by Crippen LogP contribution is -2.21. The first-order valence-electron chi connectivity index (χ1n) is 8.21. The Morgan fingerprint density at radius 2 is 1.92 bits per heavy atom. The van der Waals surface area contributed by atoms with Crippen LogP contribution in [0, 0.1) is 4.77 Å². The van der Waals surface area contributed by atoms with Gasteiger partial charge in [0.05, 0.1) is 6.21 Å². The van der Waals surface area contributed by atoms with Crippen molar-refractivity contribution in [3.05, 3.63) is 59.0 Å². The van der Waals surface area contributed by atoms with Crippen LogP contribution in [0.1, 0.15) is 19.4 Å². The van der Waals surface area contributed by atoms with E-state index in [0.717, 1.165) is 18.7 Å². The van der Waals surface area contributed by atoms with Crippen LogP contribution in [0.5, 0.6) is 0 Å². The maximum Gasteiger partial charge on any atom is 0.216 e. The van der Waals surface area contributed by atoms with Gasteiger partial charge >= 0.3 is 0 Å². The molecule has 128 valence electrons. The van der Waals surface area contributed by atoms with Crippen molar-refractivity contribution in [2.24, 2.45) is 5.10 Å². The highest BCUT2D eigenvalue weighted by molar-refractivity contribution is 7.71. The summed E-state index contributed by atoms with van der Waals surface area (Å²) in [4.78, 5) is 6.60. The van der Waals surface area contributed by atoms with Crippen LogP contribution in [-0.4, -0.2) is 39.2 Å². The van der Waals surface area contributed by atoms with E-state index in [9.17, 15) is 0 Å². The Labute approximate surface area is 151 Å². The zero-order chi connectivity index (χ0) is 17.6.